The second-order valence-electron chi connectivity index (χ2n) is 3.88. The molecule has 1 aliphatic rings. The maximum atomic E-state index is 3.46. The lowest BCUT2D eigenvalue weighted by atomic mass is 9.93. The van der Waals surface area contributed by atoms with Gasteiger partial charge in [-0.1, -0.05) is 29.8 Å². The Morgan fingerprint density at radius 1 is 1.50 bits per heavy atom. The van der Waals surface area contributed by atoms with Crippen molar-refractivity contribution in [3.8, 4) is 0 Å². The van der Waals surface area contributed by atoms with E-state index in [1.807, 2.05) is 0 Å². The molecule has 1 fully saturated rings. The first-order valence-corrected chi connectivity index (χ1v) is 5.04. The molecule has 0 atom stereocenters. The first-order chi connectivity index (χ1) is 4.64. The summed E-state index contributed by atoms with van der Waals surface area (Å²) in [5.74, 6) is 0. The van der Waals surface area contributed by atoms with Gasteiger partial charge in [0.25, 0.3) is 0 Å². The lowest BCUT2D eigenvalue weighted by molar-refractivity contribution is 0.306. The highest BCUT2D eigenvalue weighted by atomic mass is 79.9. The van der Waals surface area contributed by atoms with E-state index in [2.05, 4.69) is 34.7 Å². The third-order valence-corrected chi connectivity index (χ3v) is 2.51. The van der Waals surface area contributed by atoms with E-state index < -0.39 is 0 Å². The Bertz CT molecular complexity index is 112. The first-order valence-electron chi connectivity index (χ1n) is 3.92. The van der Waals surface area contributed by atoms with Gasteiger partial charge >= 0.3 is 0 Å². The Labute approximate surface area is 71.9 Å². The van der Waals surface area contributed by atoms with Crippen molar-refractivity contribution >= 4 is 15.9 Å². The summed E-state index contributed by atoms with van der Waals surface area (Å²) < 4.78 is 0. The van der Waals surface area contributed by atoms with Crippen LogP contribution in [0.25, 0.3) is 0 Å². The fraction of sp³-hybridized carbons (Fsp3) is 1.00. The third kappa shape index (κ3) is 2.24. The molecule has 0 saturated carbocycles. The SMILES string of the molecule is CC1(C)CCN(CCBr)C1. The summed E-state index contributed by atoms with van der Waals surface area (Å²) >= 11 is 3.46. The standard InChI is InChI=1S/C8H16BrN/c1-8(2)3-5-10(7-8)6-4-9/h3-7H2,1-2H3. The summed E-state index contributed by atoms with van der Waals surface area (Å²) in [6.45, 7) is 8.48. The maximum Gasteiger partial charge on any atom is 0.0159 e. The first kappa shape index (κ1) is 8.54. The van der Waals surface area contributed by atoms with E-state index in [1.165, 1.54) is 26.1 Å². The summed E-state index contributed by atoms with van der Waals surface area (Å²) in [5.41, 5.74) is 0.572. The van der Waals surface area contributed by atoms with Gasteiger partial charge in [0, 0.05) is 18.4 Å². The van der Waals surface area contributed by atoms with Gasteiger partial charge in [0.05, 0.1) is 0 Å². The molecule has 60 valence electrons. The van der Waals surface area contributed by atoms with Crippen LogP contribution in [0.15, 0.2) is 0 Å². The van der Waals surface area contributed by atoms with Gasteiger partial charge in [-0.3, -0.25) is 0 Å². The highest BCUT2D eigenvalue weighted by molar-refractivity contribution is 9.09. The normalized spacial score (nSPS) is 25.5. The van der Waals surface area contributed by atoms with Crippen molar-refractivity contribution in [3.63, 3.8) is 0 Å². The van der Waals surface area contributed by atoms with Crippen LogP contribution in [0.4, 0.5) is 0 Å². The van der Waals surface area contributed by atoms with Crippen molar-refractivity contribution in [1.82, 2.24) is 4.90 Å². The van der Waals surface area contributed by atoms with Crippen LogP contribution in [-0.2, 0) is 0 Å². The summed E-state index contributed by atoms with van der Waals surface area (Å²) in [6, 6.07) is 0. The van der Waals surface area contributed by atoms with E-state index in [4.69, 9.17) is 0 Å². The number of alkyl halides is 1. The summed E-state index contributed by atoms with van der Waals surface area (Å²) in [7, 11) is 0. The predicted molar refractivity (Wildman–Crippen MR) is 48.6 cm³/mol. The zero-order valence-corrected chi connectivity index (χ0v) is 8.45. The van der Waals surface area contributed by atoms with Crippen molar-refractivity contribution in [1.29, 1.82) is 0 Å². The smallest absolute Gasteiger partial charge is 0.0159 e. The monoisotopic (exact) mass is 205 g/mol. The Kier molecular flexibility index (Phi) is 2.75. The average Bonchev–Trinajstić information content (AvgIpc) is 2.12. The predicted octanol–water partition coefficient (Wildman–Crippen LogP) is 2.11. The molecule has 0 bridgehead atoms. The van der Waals surface area contributed by atoms with Crippen molar-refractivity contribution in [2.75, 3.05) is 25.0 Å². The molecule has 1 saturated heterocycles. The number of nitrogens with zero attached hydrogens (tertiary/aromatic N) is 1. The van der Waals surface area contributed by atoms with Crippen LogP contribution < -0.4 is 0 Å². The molecular weight excluding hydrogens is 190 g/mol. The molecule has 0 aromatic rings. The third-order valence-electron chi connectivity index (χ3n) is 2.16. The summed E-state index contributed by atoms with van der Waals surface area (Å²) in [6.07, 6.45) is 1.36. The second kappa shape index (κ2) is 3.22. The molecule has 0 aliphatic carbocycles. The maximum absolute atomic E-state index is 3.46. The molecule has 0 spiro atoms. The fourth-order valence-electron chi connectivity index (χ4n) is 1.53. The van der Waals surface area contributed by atoms with Gasteiger partial charge < -0.3 is 4.90 Å². The van der Waals surface area contributed by atoms with Crippen molar-refractivity contribution in [3.05, 3.63) is 0 Å². The zero-order chi connectivity index (χ0) is 7.61. The molecule has 1 heterocycles. The van der Waals surface area contributed by atoms with Crippen LogP contribution in [0.5, 0.6) is 0 Å². The van der Waals surface area contributed by atoms with E-state index in [0.29, 0.717) is 5.41 Å². The van der Waals surface area contributed by atoms with Crippen LogP contribution in [-0.4, -0.2) is 29.9 Å². The topological polar surface area (TPSA) is 3.24 Å². The highest BCUT2D eigenvalue weighted by Gasteiger charge is 2.28. The van der Waals surface area contributed by atoms with Gasteiger partial charge in [0.1, 0.15) is 0 Å². The van der Waals surface area contributed by atoms with E-state index in [1.54, 1.807) is 0 Å². The fourth-order valence-corrected chi connectivity index (χ4v) is 2.04. The highest BCUT2D eigenvalue weighted by Crippen LogP contribution is 2.28. The van der Waals surface area contributed by atoms with E-state index >= 15 is 0 Å². The van der Waals surface area contributed by atoms with Gasteiger partial charge in [0.2, 0.25) is 0 Å². The van der Waals surface area contributed by atoms with Gasteiger partial charge in [-0.25, -0.2) is 0 Å². The number of hydrogen-bond acceptors (Lipinski definition) is 1. The number of rotatable bonds is 2. The molecule has 1 rings (SSSR count). The van der Waals surface area contributed by atoms with E-state index in [-0.39, 0.29) is 0 Å². The molecule has 0 radical (unpaired) electrons. The molecule has 0 amide bonds. The van der Waals surface area contributed by atoms with Crippen LogP contribution in [0.2, 0.25) is 0 Å². The molecule has 0 unspecified atom stereocenters. The minimum absolute atomic E-state index is 0.572. The summed E-state index contributed by atoms with van der Waals surface area (Å²) in [4.78, 5) is 2.52. The van der Waals surface area contributed by atoms with Crippen molar-refractivity contribution < 1.29 is 0 Å². The van der Waals surface area contributed by atoms with Gasteiger partial charge in [-0.15, -0.1) is 0 Å². The molecule has 1 nitrogen and oxygen atoms in total. The van der Waals surface area contributed by atoms with Crippen LogP contribution in [0, 0.1) is 5.41 Å². The minimum Gasteiger partial charge on any atom is -0.302 e. The Balaban J connectivity index is 2.29. The van der Waals surface area contributed by atoms with Crippen molar-refractivity contribution in [2.24, 2.45) is 5.41 Å². The minimum atomic E-state index is 0.572. The lowest BCUT2D eigenvalue weighted by Crippen LogP contribution is -2.24. The van der Waals surface area contributed by atoms with Gasteiger partial charge in [-0.2, -0.15) is 0 Å². The largest absolute Gasteiger partial charge is 0.302 e. The Hall–Kier alpha value is 0.440. The average molecular weight is 206 g/mol. The number of halogens is 1. The van der Waals surface area contributed by atoms with Crippen LogP contribution >= 0.6 is 15.9 Å². The summed E-state index contributed by atoms with van der Waals surface area (Å²) in [5, 5.41) is 1.11. The van der Waals surface area contributed by atoms with Gasteiger partial charge in [0.15, 0.2) is 0 Å². The van der Waals surface area contributed by atoms with E-state index in [9.17, 15) is 0 Å². The molecule has 2 heteroatoms. The van der Waals surface area contributed by atoms with Crippen molar-refractivity contribution in [2.45, 2.75) is 20.3 Å². The Morgan fingerprint density at radius 3 is 2.60 bits per heavy atom. The number of likely N-dealkylation sites (tertiary alicyclic amines) is 1. The molecule has 0 aromatic carbocycles. The van der Waals surface area contributed by atoms with E-state index in [0.717, 1.165) is 5.33 Å². The number of hydrogen-bond donors (Lipinski definition) is 0. The molecule has 10 heavy (non-hydrogen) atoms. The Morgan fingerprint density at radius 2 is 2.20 bits per heavy atom. The zero-order valence-electron chi connectivity index (χ0n) is 6.86. The van der Waals surface area contributed by atoms with Crippen LogP contribution in [0.1, 0.15) is 20.3 Å². The van der Waals surface area contributed by atoms with Gasteiger partial charge in [-0.05, 0) is 18.4 Å². The quantitative estimate of drug-likeness (QED) is 0.625. The molecule has 1 aliphatic heterocycles. The second-order valence-corrected chi connectivity index (χ2v) is 4.67. The molecule has 0 aromatic heterocycles. The molecular formula is C8H16BrN. The van der Waals surface area contributed by atoms with Crippen LogP contribution in [0.3, 0.4) is 0 Å². The molecule has 0 N–H and O–H groups in total. The lowest BCUT2D eigenvalue weighted by Gasteiger charge is -2.18.